The maximum Gasteiger partial charge on any atom is 0.228 e. The Morgan fingerprint density at radius 1 is 1.39 bits per heavy atom. The monoisotopic (exact) mass is 248 g/mol. The van der Waals surface area contributed by atoms with E-state index < -0.39 is 0 Å². The summed E-state index contributed by atoms with van der Waals surface area (Å²) in [7, 11) is 0. The number of amides is 1. The molecule has 1 aromatic carbocycles. The standard InChI is InChI=1S/C14H20N2O2/c1-3-5-12(9-15)14(18)16-13-7-4-6-11(8-13)10(2)17/h4,6-8,12H,3,5,9,15H2,1-2H3,(H,16,18). The lowest BCUT2D eigenvalue weighted by Gasteiger charge is -2.14. The summed E-state index contributed by atoms with van der Waals surface area (Å²) in [5.74, 6) is -0.272. The summed E-state index contributed by atoms with van der Waals surface area (Å²) >= 11 is 0. The molecule has 4 heteroatoms. The molecule has 0 bridgehead atoms. The number of benzene rings is 1. The summed E-state index contributed by atoms with van der Waals surface area (Å²) in [5.41, 5.74) is 6.81. The van der Waals surface area contributed by atoms with Crippen LogP contribution in [0.15, 0.2) is 24.3 Å². The fourth-order valence-electron chi connectivity index (χ4n) is 1.76. The summed E-state index contributed by atoms with van der Waals surface area (Å²) in [6.07, 6.45) is 1.69. The van der Waals surface area contributed by atoms with Crippen LogP contribution in [0.3, 0.4) is 0 Å². The number of carbonyl (C=O) groups excluding carboxylic acids is 2. The SMILES string of the molecule is CCCC(CN)C(=O)Nc1cccc(C(C)=O)c1. The quantitative estimate of drug-likeness (QED) is 0.758. The van der Waals surface area contributed by atoms with Gasteiger partial charge in [0.05, 0.1) is 5.92 Å². The first-order chi connectivity index (χ1) is 8.58. The Morgan fingerprint density at radius 2 is 2.11 bits per heavy atom. The van der Waals surface area contributed by atoms with Crippen molar-refractivity contribution in [2.75, 3.05) is 11.9 Å². The van der Waals surface area contributed by atoms with E-state index in [9.17, 15) is 9.59 Å². The summed E-state index contributed by atoms with van der Waals surface area (Å²) in [5, 5.41) is 2.80. The first kappa shape index (κ1) is 14.4. The molecule has 0 aliphatic carbocycles. The van der Waals surface area contributed by atoms with Gasteiger partial charge in [0, 0.05) is 17.8 Å². The molecular formula is C14H20N2O2. The molecular weight excluding hydrogens is 228 g/mol. The van der Waals surface area contributed by atoms with Gasteiger partial charge in [-0.3, -0.25) is 9.59 Å². The Hall–Kier alpha value is -1.68. The Labute approximate surface area is 108 Å². The molecule has 1 rings (SSSR count). The normalized spacial score (nSPS) is 11.9. The maximum absolute atomic E-state index is 11.9. The van der Waals surface area contributed by atoms with Gasteiger partial charge in [0.25, 0.3) is 0 Å². The van der Waals surface area contributed by atoms with Crippen LogP contribution < -0.4 is 11.1 Å². The molecule has 1 atom stereocenters. The predicted octanol–water partition coefficient (Wildman–Crippen LogP) is 2.20. The molecule has 98 valence electrons. The van der Waals surface area contributed by atoms with E-state index in [2.05, 4.69) is 5.32 Å². The molecule has 1 unspecified atom stereocenters. The van der Waals surface area contributed by atoms with Crippen LogP contribution in [-0.4, -0.2) is 18.2 Å². The number of anilines is 1. The molecule has 4 nitrogen and oxygen atoms in total. The minimum absolute atomic E-state index is 0.0185. The van der Waals surface area contributed by atoms with Gasteiger partial charge in [-0.05, 0) is 25.5 Å². The molecule has 1 aromatic rings. The topological polar surface area (TPSA) is 72.2 Å². The summed E-state index contributed by atoms with van der Waals surface area (Å²) in [4.78, 5) is 23.2. The van der Waals surface area contributed by atoms with Gasteiger partial charge in [-0.1, -0.05) is 25.5 Å². The molecule has 0 fully saturated rings. The van der Waals surface area contributed by atoms with Gasteiger partial charge in [-0.25, -0.2) is 0 Å². The van der Waals surface area contributed by atoms with Gasteiger partial charge in [0.1, 0.15) is 0 Å². The average Bonchev–Trinajstić information content (AvgIpc) is 2.36. The maximum atomic E-state index is 11.9. The van der Waals surface area contributed by atoms with E-state index in [1.54, 1.807) is 24.3 Å². The van der Waals surface area contributed by atoms with Crippen LogP contribution in [0.2, 0.25) is 0 Å². The molecule has 0 radical (unpaired) electrons. The van der Waals surface area contributed by atoms with Crippen LogP contribution in [0.1, 0.15) is 37.0 Å². The lowest BCUT2D eigenvalue weighted by molar-refractivity contribution is -0.119. The zero-order valence-corrected chi connectivity index (χ0v) is 10.9. The van der Waals surface area contributed by atoms with Gasteiger partial charge in [-0.15, -0.1) is 0 Å². The van der Waals surface area contributed by atoms with E-state index in [1.807, 2.05) is 6.92 Å². The highest BCUT2D eigenvalue weighted by atomic mass is 16.2. The molecule has 0 aliphatic heterocycles. The molecule has 1 amide bonds. The van der Waals surface area contributed by atoms with Crippen molar-refractivity contribution >= 4 is 17.4 Å². The zero-order chi connectivity index (χ0) is 13.5. The number of rotatable bonds is 6. The van der Waals surface area contributed by atoms with Gasteiger partial charge < -0.3 is 11.1 Å². The van der Waals surface area contributed by atoms with E-state index in [0.717, 1.165) is 12.8 Å². The predicted molar refractivity (Wildman–Crippen MR) is 72.5 cm³/mol. The van der Waals surface area contributed by atoms with Crippen molar-refractivity contribution in [2.45, 2.75) is 26.7 Å². The number of carbonyl (C=O) groups is 2. The number of ketones is 1. The van der Waals surface area contributed by atoms with E-state index in [-0.39, 0.29) is 17.6 Å². The van der Waals surface area contributed by atoms with E-state index in [0.29, 0.717) is 17.8 Å². The average molecular weight is 248 g/mol. The van der Waals surface area contributed by atoms with Gasteiger partial charge in [0.2, 0.25) is 5.91 Å². The van der Waals surface area contributed by atoms with Crippen molar-refractivity contribution in [3.05, 3.63) is 29.8 Å². The number of nitrogens with one attached hydrogen (secondary N) is 1. The van der Waals surface area contributed by atoms with Crippen LogP contribution >= 0.6 is 0 Å². The molecule has 18 heavy (non-hydrogen) atoms. The molecule has 0 aliphatic rings. The third-order valence-electron chi connectivity index (χ3n) is 2.83. The van der Waals surface area contributed by atoms with Gasteiger partial charge in [0.15, 0.2) is 5.78 Å². The van der Waals surface area contributed by atoms with Crippen molar-refractivity contribution < 1.29 is 9.59 Å². The summed E-state index contributed by atoms with van der Waals surface area (Å²) < 4.78 is 0. The largest absolute Gasteiger partial charge is 0.330 e. The Balaban J connectivity index is 2.74. The fraction of sp³-hybridized carbons (Fsp3) is 0.429. The second-order valence-corrected chi connectivity index (χ2v) is 4.35. The Kier molecular flexibility index (Phi) is 5.52. The summed E-state index contributed by atoms with van der Waals surface area (Å²) in [6, 6.07) is 6.93. The first-order valence-corrected chi connectivity index (χ1v) is 6.20. The zero-order valence-electron chi connectivity index (χ0n) is 10.9. The number of Topliss-reactive ketones (excluding diaryl/α,β-unsaturated/α-hetero) is 1. The second-order valence-electron chi connectivity index (χ2n) is 4.35. The van der Waals surface area contributed by atoms with Crippen molar-refractivity contribution in [1.82, 2.24) is 0 Å². The Morgan fingerprint density at radius 3 is 2.67 bits per heavy atom. The smallest absolute Gasteiger partial charge is 0.228 e. The van der Waals surface area contributed by atoms with E-state index in [1.165, 1.54) is 6.92 Å². The lowest BCUT2D eigenvalue weighted by atomic mass is 10.0. The lowest BCUT2D eigenvalue weighted by Crippen LogP contribution is -2.29. The van der Waals surface area contributed by atoms with Crippen LogP contribution in [0.25, 0.3) is 0 Å². The highest BCUT2D eigenvalue weighted by Crippen LogP contribution is 2.14. The highest BCUT2D eigenvalue weighted by Gasteiger charge is 2.15. The van der Waals surface area contributed by atoms with Crippen molar-refractivity contribution in [3.63, 3.8) is 0 Å². The molecule has 0 heterocycles. The van der Waals surface area contributed by atoms with Crippen molar-refractivity contribution in [2.24, 2.45) is 11.7 Å². The number of nitrogens with two attached hydrogens (primary N) is 1. The third-order valence-corrected chi connectivity index (χ3v) is 2.83. The van der Waals surface area contributed by atoms with Crippen molar-refractivity contribution in [1.29, 1.82) is 0 Å². The molecule has 0 saturated carbocycles. The van der Waals surface area contributed by atoms with Crippen LogP contribution in [0.4, 0.5) is 5.69 Å². The van der Waals surface area contributed by atoms with Crippen LogP contribution in [-0.2, 0) is 4.79 Å². The van der Waals surface area contributed by atoms with E-state index in [4.69, 9.17) is 5.73 Å². The summed E-state index contributed by atoms with van der Waals surface area (Å²) in [6.45, 7) is 3.86. The number of hydrogen-bond acceptors (Lipinski definition) is 3. The molecule has 3 N–H and O–H groups in total. The van der Waals surface area contributed by atoms with Crippen molar-refractivity contribution in [3.8, 4) is 0 Å². The third kappa shape index (κ3) is 3.96. The number of hydrogen-bond donors (Lipinski definition) is 2. The molecule has 0 spiro atoms. The van der Waals surface area contributed by atoms with Gasteiger partial charge in [-0.2, -0.15) is 0 Å². The minimum atomic E-state index is -0.170. The van der Waals surface area contributed by atoms with Crippen LogP contribution in [0.5, 0.6) is 0 Å². The van der Waals surface area contributed by atoms with Gasteiger partial charge >= 0.3 is 0 Å². The second kappa shape index (κ2) is 6.91. The van der Waals surface area contributed by atoms with E-state index >= 15 is 0 Å². The molecule has 0 aromatic heterocycles. The first-order valence-electron chi connectivity index (χ1n) is 6.20. The Bertz CT molecular complexity index is 430. The fourth-order valence-corrected chi connectivity index (χ4v) is 1.76. The highest BCUT2D eigenvalue weighted by molar-refractivity contribution is 5.97. The molecule has 0 saturated heterocycles. The minimum Gasteiger partial charge on any atom is -0.330 e. The van der Waals surface area contributed by atoms with Crippen LogP contribution in [0, 0.1) is 5.92 Å².